The molecule has 196 valence electrons. The van der Waals surface area contributed by atoms with Gasteiger partial charge in [-0.25, -0.2) is 15.0 Å². The largest absolute Gasteiger partial charge is 0.463 e. The van der Waals surface area contributed by atoms with Gasteiger partial charge in [0, 0.05) is 41.1 Å². The molecule has 4 atom stereocenters. The predicted molar refractivity (Wildman–Crippen MR) is 132 cm³/mol. The number of fused-ring (bicyclic) bond motifs is 1. The fraction of sp³-hybridized carbons (Fsp3) is 0.545. The minimum absolute atomic E-state index is 0.237. The zero-order valence-corrected chi connectivity index (χ0v) is 22.0. The maximum absolute atomic E-state index is 12.2. The number of carbonyl (C=O) groups excluding carboxylic acids is 3. The van der Waals surface area contributed by atoms with Crippen molar-refractivity contribution >= 4 is 58.5 Å². The molecule has 0 radical (unpaired) electrons. The van der Waals surface area contributed by atoms with Gasteiger partial charge in [0.15, 0.2) is 34.6 Å². The van der Waals surface area contributed by atoms with Gasteiger partial charge in [-0.05, 0) is 13.2 Å². The van der Waals surface area contributed by atoms with Gasteiger partial charge >= 0.3 is 17.9 Å². The van der Waals surface area contributed by atoms with E-state index in [1.165, 1.54) is 32.5 Å². The highest BCUT2D eigenvalue weighted by Gasteiger charge is 2.60. The Morgan fingerprint density at radius 1 is 1.25 bits per heavy atom. The van der Waals surface area contributed by atoms with Gasteiger partial charge in [-0.1, -0.05) is 11.8 Å². The molecule has 0 amide bonds. The van der Waals surface area contributed by atoms with Gasteiger partial charge in [0.1, 0.15) is 12.7 Å². The van der Waals surface area contributed by atoms with Gasteiger partial charge in [-0.2, -0.15) is 0 Å². The number of thioether (sulfide) groups is 1. The zero-order chi connectivity index (χ0) is 26.8. The van der Waals surface area contributed by atoms with Crippen molar-refractivity contribution in [1.82, 2.24) is 19.4 Å². The van der Waals surface area contributed by atoms with E-state index in [1.807, 2.05) is 20.4 Å². The second kappa shape index (κ2) is 10.7. The summed E-state index contributed by atoms with van der Waals surface area (Å²) in [6.07, 6.45) is 1.88. The molecule has 0 saturated carbocycles. The Balaban J connectivity index is 2.22. The van der Waals surface area contributed by atoms with E-state index in [0.29, 0.717) is 27.7 Å². The number of esters is 3. The molecular weight excluding hydrogens is 492 g/mol. The first-order chi connectivity index (χ1) is 16.9. The summed E-state index contributed by atoms with van der Waals surface area (Å²) in [6, 6.07) is 0. The van der Waals surface area contributed by atoms with Crippen molar-refractivity contribution < 1.29 is 33.3 Å². The monoisotopic (exact) mass is 522 g/mol. The molecule has 0 aliphatic carbocycles. The van der Waals surface area contributed by atoms with Gasteiger partial charge in [0.2, 0.25) is 0 Å². The summed E-state index contributed by atoms with van der Waals surface area (Å²) in [6.45, 7) is 5.04. The molecule has 0 bridgehead atoms. The van der Waals surface area contributed by atoms with Crippen LogP contribution in [-0.2, 0) is 33.3 Å². The summed E-state index contributed by atoms with van der Waals surface area (Å²) in [4.78, 5) is 50.9. The molecule has 0 aromatic carbocycles. The molecule has 1 fully saturated rings. The second-order valence-corrected chi connectivity index (χ2v) is 9.34. The summed E-state index contributed by atoms with van der Waals surface area (Å²) in [5, 5.41) is 0.889. The molecule has 2 N–H and O–H groups in total. The van der Waals surface area contributed by atoms with Gasteiger partial charge in [-0.15, -0.1) is 0 Å². The molecule has 0 spiro atoms. The Hall–Kier alpha value is -3.39. The molecule has 3 heterocycles. The van der Waals surface area contributed by atoms with E-state index >= 15 is 0 Å². The normalized spacial score (nSPS) is 23.7. The Bertz CT molecular complexity index is 1200. The van der Waals surface area contributed by atoms with Crippen molar-refractivity contribution in [2.24, 2.45) is 4.99 Å². The lowest BCUT2D eigenvalue weighted by Gasteiger charge is -2.34. The zero-order valence-electron chi connectivity index (χ0n) is 21.2. The Morgan fingerprint density at radius 3 is 2.50 bits per heavy atom. The van der Waals surface area contributed by atoms with E-state index in [0.717, 1.165) is 0 Å². The summed E-state index contributed by atoms with van der Waals surface area (Å²) in [5.41, 5.74) is 5.52. The van der Waals surface area contributed by atoms with E-state index in [4.69, 9.17) is 24.7 Å². The molecule has 1 aliphatic rings. The predicted octanol–water partition coefficient (Wildman–Crippen LogP) is 1.67. The molecule has 2 aromatic heterocycles. The van der Waals surface area contributed by atoms with Crippen molar-refractivity contribution in [2.45, 2.75) is 56.9 Å². The van der Waals surface area contributed by atoms with Crippen LogP contribution in [0.4, 0.5) is 11.5 Å². The lowest BCUT2D eigenvalue weighted by Crippen LogP contribution is -2.50. The highest BCUT2D eigenvalue weighted by Crippen LogP contribution is 2.46. The van der Waals surface area contributed by atoms with Crippen LogP contribution in [-0.4, -0.2) is 88.4 Å². The maximum Gasteiger partial charge on any atom is 0.303 e. The lowest BCUT2D eigenvalue weighted by atomic mass is 9.95. The molecule has 1 aliphatic heterocycles. The molecular formula is C22H30N6O7S. The molecule has 2 unspecified atom stereocenters. The smallest absolute Gasteiger partial charge is 0.303 e. The molecule has 2 aromatic rings. The first kappa shape index (κ1) is 27.2. The fourth-order valence-corrected chi connectivity index (χ4v) is 4.37. The summed E-state index contributed by atoms with van der Waals surface area (Å²) >= 11 is 1.31. The Morgan fingerprint density at radius 2 is 1.94 bits per heavy atom. The van der Waals surface area contributed by atoms with Crippen molar-refractivity contribution in [1.29, 1.82) is 0 Å². The van der Waals surface area contributed by atoms with Crippen molar-refractivity contribution in [3.8, 4) is 0 Å². The molecule has 14 heteroatoms. The van der Waals surface area contributed by atoms with Crippen LogP contribution in [0.2, 0.25) is 0 Å². The average Bonchev–Trinajstić information content (AvgIpc) is 3.23. The number of nitrogens with two attached hydrogens (primary N) is 1. The van der Waals surface area contributed by atoms with Crippen LogP contribution in [0.1, 0.15) is 33.9 Å². The van der Waals surface area contributed by atoms with Crippen LogP contribution in [0.5, 0.6) is 0 Å². The molecule has 3 rings (SSSR count). The minimum atomic E-state index is -1.53. The van der Waals surface area contributed by atoms with Crippen molar-refractivity contribution in [3.05, 3.63) is 6.20 Å². The van der Waals surface area contributed by atoms with Crippen LogP contribution in [0, 0.1) is 0 Å². The first-order valence-corrected chi connectivity index (χ1v) is 12.2. The van der Waals surface area contributed by atoms with Crippen molar-refractivity contribution in [3.63, 3.8) is 0 Å². The van der Waals surface area contributed by atoms with Gasteiger partial charge in [0.05, 0.1) is 17.4 Å². The molecule has 1 saturated heterocycles. The number of anilines is 1. The van der Waals surface area contributed by atoms with E-state index in [-0.39, 0.29) is 6.61 Å². The molecule has 36 heavy (non-hydrogen) atoms. The van der Waals surface area contributed by atoms with Gasteiger partial charge in [0.25, 0.3) is 0 Å². The van der Waals surface area contributed by atoms with E-state index in [9.17, 15) is 14.4 Å². The lowest BCUT2D eigenvalue weighted by molar-refractivity contribution is -0.184. The van der Waals surface area contributed by atoms with Gasteiger partial charge < -0.3 is 29.6 Å². The number of nitrogens with zero attached hydrogens (tertiary/aromatic N) is 5. The Labute approximate surface area is 212 Å². The van der Waals surface area contributed by atoms with Crippen molar-refractivity contribution in [2.75, 3.05) is 32.7 Å². The third kappa shape index (κ3) is 5.54. The summed E-state index contributed by atoms with van der Waals surface area (Å²) < 4.78 is 24.2. The summed E-state index contributed by atoms with van der Waals surface area (Å²) in [5.74, 6) is -1.46. The summed E-state index contributed by atoms with van der Waals surface area (Å²) in [7, 11) is 3.64. The van der Waals surface area contributed by atoms with Crippen LogP contribution < -0.4 is 5.73 Å². The number of rotatable bonds is 8. The minimum Gasteiger partial charge on any atom is -0.463 e. The highest BCUT2D eigenvalue weighted by molar-refractivity contribution is 7.98. The number of aromatic nitrogens is 3. The highest BCUT2D eigenvalue weighted by atomic mass is 32.2. The maximum atomic E-state index is 12.2. The molecule has 13 nitrogen and oxygen atoms in total. The number of ether oxygens (including phenoxy) is 4. The number of hydrogen-bond acceptors (Lipinski definition) is 12. The fourth-order valence-electron chi connectivity index (χ4n) is 4.01. The van der Waals surface area contributed by atoms with Crippen LogP contribution in [0.3, 0.4) is 0 Å². The third-order valence-electron chi connectivity index (χ3n) is 5.31. The van der Waals surface area contributed by atoms with Crippen LogP contribution >= 0.6 is 11.8 Å². The first-order valence-electron chi connectivity index (χ1n) is 11.0. The number of nitrogen functional groups attached to an aromatic ring is 1. The van der Waals surface area contributed by atoms with Gasteiger partial charge in [-0.3, -0.25) is 19.0 Å². The standard InChI is InChI=1S/C22H30N6O7S/c1-11(29)32-9-15-17(33-12(2)30)22(4,35-13(3)31)20(34-15)28-8-14(23)16-18(24-10-27(5)6)25-21(36-7)26-19(16)28/h8,10,15,17,20H,9,23H2,1-7H3/t15-,17-,20?,22?/m1/s1. The number of carbonyl (C=O) groups is 3. The topological polar surface area (TPSA) is 160 Å². The number of hydrogen-bond donors (Lipinski definition) is 1. The third-order valence-corrected chi connectivity index (χ3v) is 5.86. The quantitative estimate of drug-likeness (QED) is 0.134. The van der Waals surface area contributed by atoms with Crippen LogP contribution in [0.15, 0.2) is 16.3 Å². The number of aliphatic imine (C=N–C) groups is 1. The SMILES string of the molecule is CSc1nc(N=CN(C)C)c2c(N)cn(C3O[C@H](COC(C)=O)[C@@H](OC(C)=O)C3(C)OC(C)=O)c2n1. The van der Waals surface area contributed by atoms with E-state index in [1.54, 1.807) is 28.9 Å². The average molecular weight is 523 g/mol. The van der Waals surface area contributed by atoms with E-state index in [2.05, 4.69) is 15.0 Å². The van der Waals surface area contributed by atoms with Crippen LogP contribution in [0.25, 0.3) is 11.0 Å². The Kier molecular flexibility index (Phi) is 8.09. The second-order valence-electron chi connectivity index (χ2n) is 8.57. The van der Waals surface area contributed by atoms with E-state index < -0.39 is 41.9 Å².